The summed E-state index contributed by atoms with van der Waals surface area (Å²) in [5, 5.41) is 2.63. The van der Waals surface area contributed by atoms with Gasteiger partial charge in [-0.1, -0.05) is 50.2 Å². The number of carbonyl (C=O) groups is 2. The molecule has 0 aliphatic heterocycles. The van der Waals surface area contributed by atoms with Crippen LogP contribution >= 0.6 is 0 Å². The molecule has 0 aliphatic carbocycles. The van der Waals surface area contributed by atoms with E-state index in [1.54, 1.807) is 12.1 Å². The van der Waals surface area contributed by atoms with Crippen LogP contribution in [0, 0.1) is 5.92 Å². The van der Waals surface area contributed by atoms with Gasteiger partial charge in [0.05, 0.1) is 10.5 Å². The smallest absolute Gasteiger partial charge is 0.338 e. The standard InChI is InChI=1S/C20H24N2O5S/c1-15(2)12-21-19(23)14-27-20(24)17-9-6-10-18(11-17)28(25,26)22-13-16-7-4-3-5-8-16/h3-11,15,22H,12-14H2,1-2H3,(H,21,23). The molecule has 7 nitrogen and oxygen atoms in total. The molecular formula is C20H24N2O5S. The molecule has 150 valence electrons. The van der Waals surface area contributed by atoms with Gasteiger partial charge in [-0.15, -0.1) is 0 Å². The second-order valence-corrected chi connectivity index (χ2v) is 8.38. The Bertz CT molecular complexity index is 911. The minimum atomic E-state index is -3.80. The Morgan fingerprint density at radius 2 is 1.75 bits per heavy atom. The van der Waals surface area contributed by atoms with Crippen LogP contribution in [0.3, 0.4) is 0 Å². The number of carbonyl (C=O) groups excluding carboxylic acids is 2. The molecule has 1 amide bonds. The average molecular weight is 404 g/mol. The highest BCUT2D eigenvalue weighted by atomic mass is 32.2. The summed E-state index contributed by atoms with van der Waals surface area (Å²) in [7, 11) is -3.80. The van der Waals surface area contributed by atoms with Gasteiger partial charge in [0.1, 0.15) is 0 Å². The third-order valence-electron chi connectivity index (χ3n) is 3.73. The molecule has 0 fully saturated rings. The molecule has 0 spiro atoms. The van der Waals surface area contributed by atoms with Gasteiger partial charge in [-0.05, 0) is 29.7 Å². The van der Waals surface area contributed by atoms with E-state index >= 15 is 0 Å². The Morgan fingerprint density at radius 3 is 2.43 bits per heavy atom. The molecule has 0 aromatic heterocycles. The van der Waals surface area contributed by atoms with Gasteiger partial charge in [0.15, 0.2) is 6.61 Å². The lowest BCUT2D eigenvalue weighted by Gasteiger charge is -2.10. The fourth-order valence-corrected chi connectivity index (χ4v) is 3.29. The second-order valence-electron chi connectivity index (χ2n) is 6.61. The summed E-state index contributed by atoms with van der Waals surface area (Å²) >= 11 is 0. The van der Waals surface area contributed by atoms with Crippen molar-refractivity contribution < 1.29 is 22.7 Å². The molecule has 0 atom stereocenters. The average Bonchev–Trinajstić information content (AvgIpc) is 2.70. The van der Waals surface area contributed by atoms with Crippen LogP contribution in [0.4, 0.5) is 0 Å². The Kier molecular flexibility index (Phi) is 7.71. The molecule has 8 heteroatoms. The molecule has 2 aromatic rings. The van der Waals surface area contributed by atoms with E-state index in [0.29, 0.717) is 6.54 Å². The molecule has 0 saturated carbocycles. The van der Waals surface area contributed by atoms with Crippen molar-refractivity contribution in [2.75, 3.05) is 13.2 Å². The van der Waals surface area contributed by atoms with Crippen LogP contribution in [0.2, 0.25) is 0 Å². The molecule has 0 bridgehead atoms. The van der Waals surface area contributed by atoms with Gasteiger partial charge in [0, 0.05) is 13.1 Å². The van der Waals surface area contributed by atoms with Crippen molar-refractivity contribution in [1.29, 1.82) is 0 Å². The fourth-order valence-electron chi connectivity index (χ4n) is 2.23. The summed E-state index contributed by atoms with van der Waals surface area (Å²) < 4.78 is 32.4. The van der Waals surface area contributed by atoms with Crippen LogP contribution in [0.1, 0.15) is 29.8 Å². The zero-order chi connectivity index (χ0) is 20.6. The highest BCUT2D eigenvalue weighted by molar-refractivity contribution is 7.89. The van der Waals surface area contributed by atoms with Crippen molar-refractivity contribution in [1.82, 2.24) is 10.0 Å². The number of nitrogens with one attached hydrogen (secondary N) is 2. The summed E-state index contributed by atoms with van der Waals surface area (Å²) in [5.41, 5.74) is 0.869. The lowest BCUT2D eigenvalue weighted by atomic mass is 10.2. The van der Waals surface area contributed by atoms with Crippen molar-refractivity contribution in [2.45, 2.75) is 25.3 Å². The Morgan fingerprint density at radius 1 is 1.04 bits per heavy atom. The molecule has 28 heavy (non-hydrogen) atoms. The maximum atomic E-state index is 12.5. The van der Waals surface area contributed by atoms with Gasteiger partial charge in [0.2, 0.25) is 10.0 Å². The fraction of sp³-hybridized carbons (Fsp3) is 0.300. The predicted molar refractivity (Wildman–Crippen MR) is 105 cm³/mol. The topological polar surface area (TPSA) is 102 Å². The maximum Gasteiger partial charge on any atom is 0.338 e. The van der Waals surface area contributed by atoms with E-state index in [1.807, 2.05) is 32.0 Å². The minimum absolute atomic E-state index is 0.0536. The molecule has 0 unspecified atom stereocenters. The lowest BCUT2D eigenvalue weighted by Crippen LogP contribution is -2.31. The van der Waals surface area contributed by atoms with E-state index in [1.165, 1.54) is 24.3 Å². The van der Waals surface area contributed by atoms with Crippen LogP contribution in [-0.4, -0.2) is 33.4 Å². The summed E-state index contributed by atoms with van der Waals surface area (Å²) in [6.07, 6.45) is 0. The monoisotopic (exact) mass is 404 g/mol. The van der Waals surface area contributed by atoms with Crippen molar-refractivity contribution in [2.24, 2.45) is 5.92 Å². The lowest BCUT2D eigenvalue weighted by molar-refractivity contribution is -0.124. The molecule has 0 heterocycles. The van der Waals surface area contributed by atoms with Crippen LogP contribution in [0.5, 0.6) is 0 Å². The van der Waals surface area contributed by atoms with Gasteiger partial charge < -0.3 is 10.1 Å². The summed E-state index contributed by atoms with van der Waals surface area (Å²) in [6.45, 7) is 4.09. The molecule has 0 radical (unpaired) electrons. The number of amides is 1. The summed E-state index contributed by atoms with van der Waals surface area (Å²) in [6, 6.07) is 14.6. The van der Waals surface area contributed by atoms with E-state index in [4.69, 9.17) is 4.74 Å². The van der Waals surface area contributed by atoms with Crippen molar-refractivity contribution in [3.05, 3.63) is 65.7 Å². The first-order valence-corrected chi connectivity index (χ1v) is 10.3. The second kappa shape index (κ2) is 10.0. The summed E-state index contributed by atoms with van der Waals surface area (Å²) in [4.78, 5) is 23.7. The van der Waals surface area contributed by atoms with E-state index < -0.39 is 28.5 Å². The zero-order valence-corrected chi connectivity index (χ0v) is 16.7. The van der Waals surface area contributed by atoms with Crippen molar-refractivity contribution in [3.63, 3.8) is 0 Å². The van der Waals surface area contributed by atoms with E-state index in [0.717, 1.165) is 5.56 Å². The predicted octanol–water partition coefficient (Wildman–Crippen LogP) is 2.09. The largest absolute Gasteiger partial charge is 0.452 e. The third-order valence-corrected chi connectivity index (χ3v) is 5.13. The highest BCUT2D eigenvalue weighted by Crippen LogP contribution is 2.13. The number of esters is 1. The third kappa shape index (κ3) is 6.79. The molecular weight excluding hydrogens is 380 g/mol. The first kappa shape index (κ1) is 21.6. The van der Waals surface area contributed by atoms with Crippen LogP contribution in [0.25, 0.3) is 0 Å². The first-order valence-electron chi connectivity index (χ1n) is 8.85. The van der Waals surface area contributed by atoms with Gasteiger partial charge in [-0.25, -0.2) is 17.9 Å². The number of sulfonamides is 1. The Balaban J connectivity index is 1.98. The first-order chi connectivity index (χ1) is 13.3. The molecule has 0 aliphatic rings. The highest BCUT2D eigenvalue weighted by Gasteiger charge is 2.17. The van der Waals surface area contributed by atoms with E-state index in [2.05, 4.69) is 10.0 Å². The normalized spacial score (nSPS) is 11.2. The summed E-state index contributed by atoms with van der Waals surface area (Å²) in [5.74, 6) is -0.889. The van der Waals surface area contributed by atoms with Gasteiger partial charge in [0.25, 0.3) is 5.91 Å². The van der Waals surface area contributed by atoms with Crippen LogP contribution in [-0.2, 0) is 26.1 Å². The molecule has 2 rings (SSSR count). The number of hydrogen-bond acceptors (Lipinski definition) is 5. The maximum absolute atomic E-state index is 12.5. The number of rotatable bonds is 9. The van der Waals surface area contributed by atoms with Gasteiger partial charge in [-0.3, -0.25) is 4.79 Å². The Hall–Kier alpha value is -2.71. The van der Waals surface area contributed by atoms with Crippen LogP contribution < -0.4 is 10.0 Å². The van der Waals surface area contributed by atoms with Crippen molar-refractivity contribution in [3.8, 4) is 0 Å². The molecule has 2 aromatic carbocycles. The van der Waals surface area contributed by atoms with Gasteiger partial charge >= 0.3 is 5.97 Å². The number of ether oxygens (including phenoxy) is 1. The van der Waals surface area contributed by atoms with E-state index in [9.17, 15) is 18.0 Å². The van der Waals surface area contributed by atoms with Crippen LogP contribution in [0.15, 0.2) is 59.5 Å². The van der Waals surface area contributed by atoms with Gasteiger partial charge in [-0.2, -0.15) is 0 Å². The molecule has 0 saturated heterocycles. The minimum Gasteiger partial charge on any atom is -0.452 e. The zero-order valence-electron chi connectivity index (χ0n) is 15.8. The number of hydrogen-bond donors (Lipinski definition) is 2. The SMILES string of the molecule is CC(C)CNC(=O)COC(=O)c1cccc(S(=O)(=O)NCc2ccccc2)c1. The quantitative estimate of drug-likeness (QED) is 0.623. The Labute approximate surface area is 165 Å². The van der Waals surface area contributed by atoms with Crippen molar-refractivity contribution >= 4 is 21.9 Å². The number of benzene rings is 2. The van der Waals surface area contributed by atoms with E-state index in [-0.39, 0.29) is 22.9 Å². The molecule has 2 N–H and O–H groups in total.